The molecule has 4 heteroatoms. The van der Waals surface area contributed by atoms with Crippen molar-refractivity contribution in [3.05, 3.63) is 0 Å². The molecular formula is C12H25NO2S. The monoisotopic (exact) mass is 247 g/mol. The van der Waals surface area contributed by atoms with E-state index in [1.165, 1.54) is 6.42 Å². The number of rotatable bonds is 3. The highest BCUT2D eigenvalue weighted by Crippen LogP contribution is 2.26. The van der Waals surface area contributed by atoms with Crippen LogP contribution in [0.15, 0.2) is 0 Å². The third-order valence-electron chi connectivity index (χ3n) is 3.63. The van der Waals surface area contributed by atoms with Crippen LogP contribution in [0.4, 0.5) is 0 Å². The minimum Gasteiger partial charge on any atom is -0.212 e. The van der Waals surface area contributed by atoms with E-state index in [0.29, 0.717) is 24.9 Å². The Morgan fingerprint density at radius 1 is 1.06 bits per heavy atom. The van der Waals surface area contributed by atoms with Crippen molar-refractivity contribution in [1.82, 2.24) is 4.31 Å². The van der Waals surface area contributed by atoms with Crippen molar-refractivity contribution in [1.29, 1.82) is 0 Å². The molecule has 96 valence electrons. The summed E-state index contributed by atoms with van der Waals surface area (Å²) in [5.74, 6) is 1.36. The number of hydrogen-bond donors (Lipinski definition) is 0. The van der Waals surface area contributed by atoms with Crippen LogP contribution in [-0.2, 0) is 10.0 Å². The minimum atomic E-state index is -3.04. The first-order valence-electron chi connectivity index (χ1n) is 6.34. The summed E-state index contributed by atoms with van der Waals surface area (Å²) in [6.07, 6.45) is 3.19. The zero-order valence-corrected chi connectivity index (χ0v) is 11.8. The van der Waals surface area contributed by atoms with E-state index in [1.54, 1.807) is 18.2 Å². The van der Waals surface area contributed by atoms with Gasteiger partial charge in [0.2, 0.25) is 10.0 Å². The predicted octanol–water partition coefficient (Wildman–Crippen LogP) is 2.48. The summed E-state index contributed by atoms with van der Waals surface area (Å²) in [7, 11) is -3.04. The third kappa shape index (κ3) is 3.20. The van der Waals surface area contributed by atoms with E-state index in [-0.39, 0.29) is 5.25 Å². The van der Waals surface area contributed by atoms with Gasteiger partial charge in [-0.25, -0.2) is 12.7 Å². The normalized spacial score (nSPS) is 25.0. The van der Waals surface area contributed by atoms with Gasteiger partial charge in [-0.3, -0.25) is 0 Å². The number of nitrogens with zero attached hydrogens (tertiary/aromatic N) is 1. The molecule has 1 unspecified atom stereocenters. The fraction of sp³-hybridized carbons (Fsp3) is 1.00. The first-order chi connectivity index (χ1) is 7.35. The summed E-state index contributed by atoms with van der Waals surface area (Å²) in [5, 5.41) is -0.289. The van der Waals surface area contributed by atoms with Gasteiger partial charge < -0.3 is 0 Å². The Kier molecular flexibility index (Phi) is 4.80. The quantitative estimate of drug-likeness (QED) is 0.768. The molecule has 0 bridgehead atoms. The molecule has 3 nitrogen and oxygen atoms in total. The standard InChI is InChI=1S/C12H25NO2S/c1-10(2)12-6-5-8-13(9-7-12)16(14,15)11(3)4/h10-12H,5-9H2,1-4H3. The van der Waals surface area contributed by atoms with Gasteiger partial charge in [0.1, 0.15) is 0 Å². The SMILES string of the molecule is CC(C)C1CCCN(S(=O)(=O)C(C)C)CC1. The summed E-state index contributed by atoms with van der Waals surface area (Å²) in [6, 6.07) is 0. The van der Waals surface area contributed by atoms with Crippen LogP contribution in [0.1, 0.15) is 47.0 Å². The average Bonchev–Trinajstić information content (AvgIpc) is 2.42. The summed E-state index contributed by atoms with van der Waals surface area (Å²) in [4.78, 5) is 0. The van der Waals surface area contributed by atoms with Gasteiger partial charge in [-0.2, -0.15) is 0 Å². The molecule has 1 aliphatic rings. The van der Waals surface area contributed by atoms with Crippen LogP contribution >= 0.6 is 0 Å². The largest absolute Gasteiger partial charge is 0.216 e. The van der Waals surface area contributed by atoms with Crippen molar-refractivity contribution < 1.29 is 8.42 Å². The van der Waals surface area contributed by atoms with Gasteiger partial charge in [0.05, 0.1) is 5.25 Å². The number of sulfonamides is 1. The zero-order chi connectivity index (χ0) is 12.3. The molecule has 0 aromatic rings. The minimum absolute atomic E-state index is 0.289. The Labute approximate surface area is 100 Å². The van der Waals surface area contributed by atoms with Gasteiger partial charge in [0.15, 0.2) is 0 Å². The van der Waals surface area contributed by atoms with Crippen molar-refractivity contribution in [3.8, 4) is 0 Å². The van der Waals surface area contributed by atoms with Gasteiger partial charge in [-0.05, 0) is 44.9 Å². The second kappa shape index (κ2) is 5.50. The number of hydrogen-bond acceptors (Lipinski definition) is 2. The molecule has 16 heavy (non-hydrogen) atoms. The molecule has 0 aromatic heterocycles. The van der Waals surface area contributed by atoms with Crippen LogP contribution < -0.4 is 0 Å². The highest BCUT2D eigenvalue weighted by Gasteiger charge is 2.28. The lowest BCUT2D eigenvalue weighted by molar-refractivity contribution is 0.340. The van der Waals surface area contributed by atoms with E-state index in [2.05, 4.69) is 13.8 Å². The maximum absolute atomic E-state index is 12.0. The van der Waals surface area contributed by atoms with Crippen molar-refractivity contribution in [2.45, 2.75) is 52.2 Å². The van der Waals surface area contributed by atoms with Crippen LogP contribution in [0.2, 0.25) is 0 Å². The maximum atomic E-state index is 12.0. The molecule has 1 heterocycles. The molecule has 0 aliphatic carbocycles. The van der Waals surface area contributed by atoms with E-state index < -0.39 is 10.0 Å². The maximum Gasteiger partial charge on any atom is 0.216 e. The van der Waals surface area contributed by atoms with Crippen molar-refractivity contribution >= 4 is 10.0 Å². The molecule has 0 N–H and O–H groups in total. The Morgan fingerprint density at radius 3 is 2.19 bits per heavy atom. The predicted molar refractivity (Wildman–Crippen MR) is 67.8 cm³/mol. The van der Waals surface area contributed by atoms with E-state index >= 15 is 0 Å². The lowest BCUT2D eigenvalue weighted by atomic mass is 9.89. The first-order valence-corrected chi connectivity index (χ1v) is 7.85. The Hall–Kier alpha value is -0.0900. The molecule has 0 spiro atoms. The summed E-state index contributed by atoms with van der Waals surface area (Å²) in [6.45, 7) is 9.42. The molecule has 1 saturated heterocycles. The van der Waals surface area contributed by atoms with Gasteiger partial charge >= 0.3 is 0 Å². The van der Waals surface area contributed by atoms with Crippen LogP contribution in [0.3, 0.4) is 0 Å². The Morgan fingerprint density at radius 2 is 1.69 bits per heavy atom. The first kappa shape index (κ1) is 14.0. The van der Waals surface area contributed by atoms with Crippen LogP contribution in [0, 0.1) is 11.8 Å². The van der Waals surface area contributed by atoms with Crippen molar-refractivity contribution in [2.24, 2.45) is 11.8 Å². The van der Waals surface area contributed by atoms with Crippen LogP contribution in [0.5, 0.6) is 0 Å². The highest BCUT2D eigenvalue weighted by molar-refractivity contribution is 7.89. The van der Waals surface area contributed by atoms with Gasteiger partial charge in [-0.15, -0.1) is 0 Å². The molecule has 0 amide bonds. The van der Waals surface area contributed by atoms with E-state index in [0.717, 1.165) is 12.8 Å². The topological polar surface area (TPSA) is 37.4 Å². The fourth-order valence-electron chi connectivity index (χ4n) is 2.32. The average molecular weight is 247 g/mol. The van der Waals surface area contributed by atoms with Gasteiger partial charge in [0.25, 0.3) is 0 Å². The molecule has 0 aromatic carbocycles. The van der Waals surface area contributed by atoms with Gasteiger partial charge in [-0.1, -0.05) is 13.8 Å². The second-order valence-corrected chi connectivity index (χ2v) is 7.92. The zero-order valence-electron chi connectivity index (χ0n) is 10.9. The lowest BCUT2D eigenvalue weighted by Crippen LogP contribution is -2.37. The molecule has 1 atom stereocenters. The van der Waals surface area contributed by atoms with E-state index in [4.69, 9.17) is 0 Å². The molecule has 1 fully saturated rings. The molecule has 1 rings (SSSR count). The third-order valence-corrected chi connectivity index (χ3v) is 5.91. The molecule has 0 saturated carbocycles. The van der Waals surface area contributed by atoms with Crippen molar-refractivity contribution in [3.63, 3.8) is 0 Å². The molecule has 0 radical (unpaired) electrons. The van der Waals surface area contributed by atoms with Crippen LogP contribution in [0.25, 0.3) is 0 Å². The summed E-state index contributed by atoms with van der Waals surface area (Å²) < 4.78 is 25.8. The van der Waals surface area contributed by atoms with Crippen molar-refractivity contribution in [2.75, 3.05) is 13.1 Å². The Bertz CT molecular complexity index is 309. The van der Waals surface area contributed by atoms with E-state index in [1.807, 2.05) is 0 Å². The summed E-state index contributed by atoms with van der Waals surface area (Å²) in [5.41, 5.74) is 0. The highest BCUT2D eigenvalue weighted by atomic mass is 32.2. The van der Waals surface area contributed by atoms with Crippen LogP contribution in [-0.4, -0.2) is 31.1 Å². The van der Waals surface area contributed by atoms with Gasteiger partial charge in [0, 0.05) is 13.1 Å². The van der Waals surface area contributed by atoms with E-state index in [9.17, 15) is 8.42 Å². The lowest BCUT2D eigenvalue weighted by Gasteiger charge is -2.23. The molecule has 1 aliphatic heterocycles. The smallest absolute Gasteiger partial charge is 0.212 e. The fourth-order valence-corrected chi connectivity index (χ4v) is 3.65. The second-order valence-electron chi connectivity index (χ2n) is 5.43. The summed E-state index contributed by atoms with van der Waals surface area (Å²) >= 11 is 0. The Balaban J connectivity index is 2.67. The molecular weight excluding hydrogens is 222 g/mol.